The third-order valence-electron chi connectivity index (χ3n) is 3.22. The van der Waals surface area contributed by atoms with E-state index in [0.717, 1.165) is 21.5 Å². The summed E-state index contributed by atoms with van der Waals surface area (Å²) >= 11 is 4.78. The van der Waals surface area contributed by atoms with Crippen LogP contribution in [0.1, 0.15) is 17.1 Å². The van der Waals surface area contributed by atoms with Crippen LogP contribution < -0.4 is 10.6 Å². The summed E-state index contributed by atoms with van der Waals surface area (Å²) in [5.41, 5.74) is 3.23. The van der Waals surface area contributed by atoms with Gasteiger partial charge in [-0.25, -0.2) is 15.0 Å². The van der Waals surface area contributed by atoms with Crippen molar-refractivity contribution in [1.82, 2.24) is 15.0 Å². The maximum absolute atomic E-state index is 12.1. The highest BCUT2D eigenvalue weighted by Gasteiger charge is 2.09. The molecule has 25 heavy (non-hydrogen) atoms. The number of carbonyl (C=O) groups excluding carboxylic acids is 1. The molecule has 0 aliphatic rings. The van der Waals surface area contributed by atoms with Crippen LogP contribution >= 0.6 is 27.3 Å². The Morgan fingerprint density at radius 2 is 1.80 bits per heavy atom. The van der Waals surface area contributed by atoms with Crippen LogP contribution in [0.4, 0.5) is 16.8 Å². The zero-order valence-corrected chi connectivity index (χ0v) is 16.1. The molecule has 0 atom stereocenters. The molecule has 0 fully saturated rings. The van der Waals surface area contributed by atoms with Crippen molar-refractivity contribution in [3.05, 3.63) is 57.3 Å². The number of carbonyl (C=O) groups is 1. The Bertz CT molecular complexity index is 874. The number of hydrogen-bond donors (Lipinski definition) is 2. The van der Waals surface area contributed by atoms with Gasteiger partial charge >= 0.3 is 0 Å². The number of nitrogens with zero attached hydrogens (tertiary/aromatic N) is 3. The number of thiazole rings is 1. The zero-order valence-electron chi connectivity index (χ0n) is 13.7. The molecule has 8 heteroatoms. The van der Waals surface area contributed by atoms with E-state index in [2.05, 4.69) is 41.5 Å². The van der Waals surface area contributed by atoms with E-state index in [1.165, 1.54) is 11.3 Å². The Kier molecular flexibility index (Phi) is 5.40. The van der Waals surface area contributed by atoms with Crippen LogP contribution in [0.2, 0.25) is 0 Å². The van der Waals surface area contributed by atoms with Crippen LogP contribution in [-0.4, -0.2) is 20.9 Å². The molecule has 0 aliphatic carbocycles. The van der Waals surface area contributed by atoms with Crippen molar-refractivity contribution in [2.24, 2.45) is 0 Å². The average molecular weight is 418 g/mol. The molecule has 2 N–H and O–H groups in total. The second-order valence-corrected chi connectivity index (χ2v) is 7.25. The second kappa shape index (κ2) is 7.71. The minimum atomic E-state index is -0.109. The second-order valence-electron chi connectivity index (χ2n) is 5.48. The molecule has 2 aromatic heterocycles. The Morgan fingerprint density at radius 1 is 1.12 bits per heavy atom. The molecule has 6 nitrogen and oxygen atoms in total. The topological polar surface area (TPSA) is 79.8 Å². The van der Waals surface area contributed by atoms with Crippen molar-refractivity contribution in [2.45, 2.75) is 20.3 Å². The van der Waals surface area contributed by atoms with Crippen molar-refractivity contribution in [2.75, 3.05) is 10.6 Å². The van der Waals surface area contributed by atoms with Crippen molar-refractivity contribution >= 4 is 49.9 Å². The monoisotopic (exact) mass is 417 g/mol. The number of halogens is 1. The minimum Gasteiger partial charge on any atom is -0.326 e. The number of anilines is 3. The first-order valence-corrected chi connectivity index (χ1v) is 9.24. The van der Waals surface area contributed by atoms with Gasteiger partial charge in [-0.1, -0.05) is 15.9 Å². The standard InChI is InChI=1S/C17H16BrN5OS/c1-10-7-11(2)20-16(19-10)23-17-22-14(9-25-17)8-15(24)21-13-5-3-12(18)4-6-13/h3-7,9H,8H2,1-2H3,(H,21,24)(H,19,20,22,23). The van der Waals surface area contributed by atoms with E-state index < -0.39 is 0 Å². The van der Waals surface area contributed by atoms with Crippen LogP contribution in [0.5, 0.6) is 0 Å². The lowest BCUT2D eigenvalue weighted by Gasteiger charge is -2.04. The van der Waals surface area contributed by atoms with Crippen LogP contribution in [-0.2, 0) is 11.2 Å². The van der Waals surface area contributed by atoms with E-state index in [1.807, 2.05) is 49.6 Å². The van der Waals surface area contributed by atoms with Gasteiger partial charge in [-0.05, 0) is 44.2 Å². The normalized spacial score (nSPS) is 10.5. The van der Waals surface area contributed by atoms with Gasteiger partial charge in [0.15, 0.2) is 5.13 Å². The van der Waals surface area contributed by atoms with E-state index >= 15 is 0 Å². The molecule has 0 unspecified atom stereocenters. The van der Waals surface area contributed by atoms with Crippen molar-refractivity contribution < 1.29 is 4.79 Å². The third-order valence-corrected chi connectivity index (χ3v) is 4.56. The number of aromatic nitrogens is 3. The highest BCUT2D eigenvalue weighted by Crippen LogP contribution is 2.20. The largest absolute Gasteiger partial charge is 0.326 e. The quantitative estimate of drug-likeness (QED) is 0.648. The fourth-order valence-electron chi connectivity index (χ4n) is 2.23. The van der Waals surface area contributed by atoms with Gasteiger partial charge in [0.1, 0.15) is 0 Å². The molecular formula is C17H16BrN5OS. The highest BCUT2D eigenvalue weighted by atomic mass is 79.9. The lowest BCUT2D eigenvalue weighted by Crippen LogP contribution is -2.14. The SMILES string of the molecule is Cc1cc(C)nc(Nc2nc(CC(=O)Nc3ccc(Br)cc3)cs2)n1. The number of rotatable bonds is 5. The summed E-state index contributed by atoms with van der Waals surface area (Å²) in [4.78, 5) is 25.2. The van der Waals surface area contributed by atoms with Gasteiger partial charge in [-0.3, -0.25) is 4.79 Å². The van der Waals surface area contributed by atoms with Crippen LogP contribution in [0, 0.1) is 13.8 Å². The molecule has 0 saturated heterocycles. The molecule has 1 aromatic carbocycles. The smallest absolute Gasteiger partial charge is 0.230 e. The lowest BCUT2D eigenvalue weighted by molar-refractivity contribution is -0.115. The number of amides is 1. The summed E-state index contributed by atoms with van der Waals surface area (Å²) in [5, 5.41) is 8.45. The van der Waals surface area contributed by atoms with E-state index in [4.69, 9.17) is 0 Å². The first-order valence-electron chi connectivity index (χ1n) is 7.57. The van der Waals surface area contributed by atoms with Crippen molar-refractivity contribution in [1.29, 1.82) is 0 Å². The van der Waals surface area contributed by atoms with Gasteiger partial charge in [0.25, 0.3) is 0 Å². The molecular weight excluding hydrogens is 402 g/mol. The predicted octanol–water partition coefficient (Wildman–Crippen LogP) is 4.24. The molecule has 0 aliphatic heterocycles. The minimum absolute atomic E-state index is 0.109. The first-order chi connectivity index (χ1) is 12.0. The Morgan fingerprint density at radius 3 is 2.48 bits per heavy atom. The summed E-state index contributed by atoms with van der Waals surface area (Å²) in [5.74, 6) is 0.402. The van der Waals surface area contributed by atoms with E-state index in [1.54, 1.807) is 0 Å². The van der Waals surface area contributed by atoms with E-state index in [9.17, 15) is 4.79 Å². The number of aryl methyl sites for hydroxylation is 2. The van der Waals surface area contributed by atoms with Gasteiger partial charge in [-0.2, -0.15) is 0 Å². The fraction of sp³-hybridized carbons (Fsp3) is 0.176. The van der Waals surface area contributed by atoms with Crippen LogP contribution in [0.25, 0.3) is 0 Å². The summed E-state index contributed by atoms with van der Waals surface area (Å²) in [6.07, 6.45) is 0.210. The van der Waals surface area contributed by atoms with Crippen LogP contribution in [0.15, 0.2) is 40.2 Å². The third kappa shape index (κ3) is 5.07. The molecule has 128 valence electrons. The molecule has 3 rings (SSSR count). The Hall–Kier alpha value is -2.32. The Labute approximate surface area is 157 Å². The maximum Gasteiger partial charge on any atom is 0.230 e. The van der Waals surface area contributed by atoms with Crippen LogP contribution in [0.3, 0.4) is 0 Å². The highest BCUT2D eigenvalue weighted by molar-refractivity contribution is 9.10. The summed E-state index contributed by atoms with van der Waals surface area (Å²) < 4.78 is 0.967. The molecule has 3 aromatic rings. The first kappa shape index (κ1) is 17.5. The molecule has 0 radical (unpaired) electrons. The summed E-state index contributed by atoms with van der Waals surface area (Å²) in [7, 11) is 0. The van der Waals surface area contributed by atoms with Crippen molar-refractivity contribution in [3.63, 3.8) is 0 Å². The average Bonchev–Trinajstić information content (AvgIpc) is 2.95. The number of hydrogen-bond acceptors (Lipinski definition) is 6. The van der Waals surface area contributed by atoms with Gasteiger partial charge in [0.2, 0.25) is 11.9 Å². The van der Waals surface area contributed by atoms with Gasteiger partial charge < -0.3 is 10.6 Å². The molecule has 0 bridgehead atoms. The summed E-state index contributed by atoms with van der Waals surface area (Å²) in [6.45, 7) is 3.83. The summed E-state index contributed by atoms with van der Waals surface area (Å²) in [6, 6.07) is 9.35. The maximum atomic E-state index is 12.1. The van der Waals surface area contributed by atoms with Gasteiger partial charge in [0.05, 0.1) is 12.1 Å². The van der Waals surface area contributed by atoms with E-state index in [-0.39, 0.29) is 12.3 Å². The number of nitrogens with one attached hydrogen (secondary N) is 2. The number of benzene rings is 1. The van der Waals surface area contributed by atoms with Crippen molar-refractivity contribution in [3.8, 4) is 0 Å². The van der Waals surface area contributed by atoms with E-state index in [0.29, 0.717) is 16.8 Å². The zero-order chi connectivity index (χ0) is 17.8. The molecule has 0 saturated carbocycles. The Balaban J connectivity index is 1.61. The predicted molar refractivity (Wildman–Crippen MR) is 103 cm³/mol. The molecule has 1 amide bonds. The lowest BCUT2D eigenvalue weighted by atomic mass is 10.3. The van der Waals surface area contributed by atoms with Gasteiger partial charge in [-0.15, -0.1) is 11.3 Å². The fourth-order valence-corrected chi connectivity index (χ4v) is 3.19. The molecule has 0 spiro atoms. The molecule has 2 heterocycles. The van der Waals surface area contributed by atoms with Gasteiger partial charge in [0, 0.05) is 26.9 Å².